The van der Waals surface area contributed by atoms with Crippen molar-refractivity contribution in [3.05, 3.63) is 77.3 Å². The number of halogens is 1. The van der Waals surface area contributed by atoms with Gasteiger partial charge in [-0.05, 0) is 24.6 Å². The zero-order chi connectivity index (χ0) is 16.9. The van der Waals surface area contributed by atoms with Crippen molar-refractivity contribution in [2.24, 2.45) is 0 Å². The lowest BCUT2D eigenvalue weighted by molar-refractivity contribution is 0.731. The van der Waals surface area contributed by atoms with Gasteiger partial charge in [0.25, 0.3) is 0 Å². The van der Waals surface area contributed by atoms with Crippen molar-refractivity contribution in [2.75, 3.05) is 0 Å². The minimum atomic E-state index is 0.675. The highest BCUT2D eigenvalue weighted by Gasteiger charge is 2.13. The SMILES string of the molecule is C=CCn1c(SCc2cccc(Cl)c2)nnc1-c1ccc(C)cc1. The molecule has 0 aliphatic rings. The fraction of sp³-hybridized carbons (Fsp3) is 0.158. The topological polar surface area (TPSA) is 30.7 Å². The first-order valence-electron chi connectivity index (χ1n) is 7.66. The van der Waals surface area contributed by atoms with E-state index in [-0.39, 0.29) is 0 Å². The smallest absolute Gasteiger partial charge is 0.192 e. The highest BCUT2D eigenvalue weighted by atomic mass is 35.5. The number of rotatable bonds is 6. The molecule has 0 radical (unpaired) electrons. The van der Waals surface area contributed by atoms with Crippen LogP contribution in [0.3, 0.4) is 0 Å². The van der Waals surface area contributed by atoms with Crippen molar-refractivity contribution in [2.45, 2.75) is 24.4 Å². The van der Waals surface area contributed by atoms with Crippen molar-refractivity contribution in [3.63, 3.8) is 0 Å². The molecule has 0 fully saturated rings. The molecule has 1 aromatic heterocycles. The molecule has 122 valence electrons. The highest BCUT2D eigenvalue weighted by molar-refractivity contribution is 7.98. The van der Waals surface area contributed by atoms with Gasteiger partial charge in [-0.2, -0.15) is 0 Å². The van der Waals surface area contributed by atoms with E-state index in [4.69, 9.17) is 11.6 Å². The van der Waals surface area contributed by atoms with E-state index in [1.165, 1.54) is 5.56 Å². The van der Waals surface area contributed by atoms with Gasteiger partial charge in [0.05, 0.1) is 0 Å². The van der Waals surface area contributed by atoms with Gasteiger partial charge in [0.2, 0.25) is 0 Å². The minimum absolute atomic E-state index is 0.675. The van der Waals surface area contributed by atoms with Crippen LogP contribution in [0, 0.1) is 6.92 Å². The first kappa shape index (κ1) is 16.8. The molecule has 0 spiro atoms. The number of nitrogens with zero attached hydrogens (tertiary/aromatic N) is 3. The molecule has 0 amide bonds. The summed E-state index contributed by atoms with van der Waals surface area (Å²) in [6.45, 7) is 6.60. The summed E-state index contributed by atoms with van der Waals surface area (Å²) < 4.78 is 2.09. The third-order valence-corrected chi connectivity index (χ3v) is 4.87. The average molecular weight is 356 g/mol. The Bertz CT molecular complexity index is 840. The first-order valence-corrected chi connectivity index (χ1v) is 9.02. The normalized spacial score (nSPS) is 10.8. The lowest BCUT2D eigenvalue weighted by Crippen LogP contribution is -2.00. The van der Waals surface area contributed by atoms with Gasteiger partial charge in [-0.15, -0.1) is 16.8 Å². The fourth-order valence-electron chi connectivity index (χ4n) is 2.38. The maximum Gasteiger partial charge on any atom is 0.192 e. The molecule has 3 aromatic rings. The number of benzene rings is 2. The van der Waals surface area contributed by atoms with Gasteiger partial charge in [-0.25, -0.2) is 0 Å². The molecule has 2 aromatic carbocycles. The van der Waals surface area contributed by atoms with E-state index in [0.717, 1.165) is 32.9 Å². The van der Waals surface area contributed by atoms with Crippen LogP contribution in [-0.2, 0) is 12.3 Å². The maximum atomic E-state index is 6.05. The van der Waals surface area contributed by atoms with Crippen LogP contribution < -0.4 is 0 Å². The predicted octanol–water partition coefficient (Wildman–Crippen LogP) is 5.39. The van der Waals surface area contributed by atoms with E-state index >= 15 is 0 Å². The van der Waals surface area contributed by atoms with Gasteiger partial charge in [0.1, 0.15) is 0 Å². The number of aryl methyl sites for hydroxylation is 1. The third kappa shape index (κ3) is 3.89. The Hall–Kier alpha value is -2.04. The summed E-state index contributed by atoms with van der Waals surface area (Å²) >= 11 is 7.70. The van der Waals surface area contributed by atoms with E-state index in [9.17, 15) is 0 Å². The van der Waals surface area contributed by atoms with Gasteiger partial charge >= 0.3 is 0 Å². The number of aromatic nitrogens is 3. The van der Waals surface area contributed by atoms with E-state index < -0.39 is 0 Å². The first-order chi connectivity index (χ1) is 11.7. The third-order valence-electron chi connectivity index (χ3n) is 3.60. The monoisotopic (exact) mass is 355 g/mol. The molecular formula is C19H18ClN3S. The highest BCUT2D eigenvalue weighted by Crippen LogP contribution is 2.27. The molecule has 1 heterocycles. The van der Waals surface area contributed by atoms with Crippen LogP contribution in [0.4, 0.5) is 0 Å². The summed E-state index contributed by atoms with van der Waals surface area (Å²) in [6.07, 6.45) is 1.87. The second-order valence-corrected chi connectivity index (χ2v) is 6.87. The second-order valence-electron chi connectivity index (χ2n) is 5.49. The lowest BCUT2D eigenvalue weighted by atomic mass is 10.1. The zero-order valence-electron chi connectivity index (χ0n) is 13.4. The number of hydrogen-bond donors (Lipinski definition) is 0. The molecule has 0 unspecified atom stereocenters. The van der Waals surface area contributed by atoms with Crippen LogP contribution >= 0.6 is 23.4 Å². The van der Waals surface area contributed by atoms with E-state index in [2.05, 4.69) is 58.6 Å². The minimum Gasteiger partial charge on any atom is -0.298 e. The molecule has 0 aliphatic heterocycles. The van der Waals surface area contributed by atoms with Crippen molar-refractivity contribution >= 4 is 23.4 Å². The van der Waals surface area contributed by atoms with Crippen molar-refractivity contribution in [3.8, 4) is 11.4 Å². The Balaban J connectivity index is 1.85. The lowest BCUT2D eigenvalue weighted by Gasteiger charge is -2.08. The Kier molecular flexibility index (Phi) is 5.38. The van der Waals surface area contributed by atoms with Crippen LogP contribution in [0.25, 0.3) is 11.4 Å². The maximum absolute atomic E-state index is 6.05. The zero-order valence-corrected chi connectivity index (χ0v) is 15.0. The Morgan fingerprint density at radius 2 is 1.96 bits per heavy atom. The van der Waals surface area contributed by atoms with Crippen LogP contribution in [0.1, 0.15) is 11.1 Å². The molecule has 0 aliphatic carbocycles. The molecule has 0 N–H and O–H groups in total. The van der Waals surface area contributed by atoms with E-state index in [1.54, 1.807) is 11.8 Å². The van der Waals surface area contributed by atoms with Gasteiger partial charge < -0.3 is 0 Å². The molecule has 3 rings (SSSR count). The molecule has 3 nitrogen and oxygen atoms in total. The largest absolute Gasteiger partial charge is 0.298 e. The Labute approximate surface area is 151 Å². The van der Waals surface area contributed by atoms with Crippen molar-refractivity contribution < 1.29 is 0 Å². The summed E-state index contributed by atoms with van der Waals surface area (Å²) in [5, 5.41) is 10.4. The molecule has 0 atom stereocenters. The molecule has 5 heteroatoms. The number of hydrogen-bond acceptors (Lipinski definition) is 3. The molecular weight excluding hydrogens is 338 g/mol. The van der Waals surface area contributed by atoms with Crippen LogP contribution in [0.15, 0.2) is 66.3 Å². The summed E-state index contributed by atoms with van der Waals surface area (Å²) in [4.78, 5) is 0. The summed E-state index contributed by atoms with van der Waals surface area (Å²) in [5.74, 6) is 1.66. The standard InChI is InChI=1S/C19H18ClN3S/c1-3-11-23-18(16-9-7-14(2)8-10-16)21-22-19(23)24-13-15-5-4-6-17(20)12-15/h3-10,12H,1,11,13H2,2H3. The van der Waals surface area contributed by atoms with Gasteiger partial charge in [-0.1, -0.05) is 71.4 Å². The fourth-order valence-corrected chi connectivity index (χ4v) is 3.48. The Morgan fingerprint density at radius 1 is 1.17 bits per heavy atom. The summed E-state index contributed by atoms with van der Waals surface area (Å²) in [5.41, 5.74) is 3.45. The molecule has 0 saturated heterocycles. The Morgan fingerprint density at radius 3 is 2.67 bits per heavy atom. The van der Waals surface area contributed by atoms with Gasteiger partial charge in [-0.3, -0.25) is 4.57 Å². The summed E-state index contributed by atoms with van der Waals surface area (Å²) in [6, 6.07) is 16.2. The predicted molar refractivity (Wildman–Crippen MR) is 101 cm³/mol. The quantitative estimate of drug-likeness (QED) is 0.439. The van der Waals surface area contributed by atoms with E-state index in [1.807, 2.05) is 24.3 Å². The summed E-state index contributed by atoms with van der Waals surface area (Å²) in [7, 11) is 0. The van der Waals surface area contributed by atoms with Gasteiger partial charge in [0.15, 0.2) is 11.0 Å². The molecule has 0 saturated carbocycles. The number of thioether (sulfide) groups is 1. The van der Waals surface area contributed by atoms with E-state index in [0.29, 0.717) is 6.54 Å². The van der Waals surface area contributed by atoms with Crippen LogP contribution in [-0.4, -0.2) is 14.8 Å². The molecule has 24 heavy (non-hydrogen) atoms. The van der Waals surface area contributed by atoms with Crippen LogP contribution in [0.5, 0.6) is 0 Å². The average Bonchev–Trinajstić information content (AvgIpc) is 2.97. The van der Waals surface area contributed by atoms with Crippen LogP contribution in [0.2, 0.25) is 5.02 Å². The second kappa shape index (κ2) is 7.69. The van der Waals surface area contributed by atoms with Crippen molar-refractivity contribution in [1.29, 1.82) is 0 Å². The van der Waals surface area contributed by atoms with Crippen molar-refractivity contribution in [1.82, 2.24) is 14.8 Å². The molecule has 0 bridgehead atoms. The van der Waals surface area contributed by atoms with Gasteiger partial charge in [0, 0.05) is 22.9 Å². The number of allylic oxidation sites excluding steroid dienone is 1.